The van der Waals surface area contributed by atoms with Crippen molar-refractivity contribution in [1.82, 2.24) is 9.97 Å². The highest BCUT2D eigenvalue weighted by Gasteiger charge is 2.10. The molecule has 0 amide bonds. The van der Waals surface area contributed by atoms with Gasteiger partial charge < -0.3 is 18.9 Å². The second-order valence-corrected chi connectivity index (χ2v) is 8.16. The molecule has 0 unspecified atom stereocenters. The highest BCUT2D eigenvalue weighted by atomic mass is 16.6. The fraction of sp³-hybridized carbons (Fsp3) is 0.133. The van der Waals surface area contributed by atoms with E-state index in [1.54, 1.807) is 24.3 Å². The molecule has 0 N–H and O–H groups in total. The van der Waals surface area contributed by atoms with Crippen LogP contribution in [0.2, 0.25) is 0 Å². The number of hydrogen-bond donors (Lipinski definition) is 0. The Kier molecular flexibility index (Phi) is 8.13. The van der Waals surface area contributed by atoms with Crippen LogP contribution in [0.25, 0.3) is 35.3 Å². The standard InChI is InChI=1S/C30H26N2O6/c1-19(33)37-27-15-11-21(17-29(27)35-3)9-13-25-26(32-24-8-6-5-7-23(24)31-25)14-10-22-12-16-28(38-20(2)34)30(18-22)36-4/h5-18H,1-4H3. The number of rotatable bonds is 8. The van der Waals surface area contributed by atoms with Gasteiger partial charge in [0.15, 0.2) is 23.0 Å². The van der Waals surface area contributed by atoms with Crippen LogP contribution in [0.4, 0.5) is 0 Å². The van der Waals surface area contributed by atoms with E-state index in [1.807, 2.05) is 60.7 Å². The molecule has 0 radical (unpaired) electrons. The van der Waals surface area contributed by atoms with E-state index in [1.165, 1.54) is 28.1 Å². The Morgan fingerprint density at radius 3 is 1.39 bits per heavy atom. The molecule has 8 heteroatoms. The molecule has 0 aliphatic rings. The van der Waals surface area contributed by atoms with Crippen molar-refractivity contribution in [3.8, 4) is 23.0 Å². The third-order valence-corrected chi connectivity index (χ3v) is 5.38. The predicted molar refractivity (Wildman–Crippen MR) is 146 cm³/mol. The van der Waals surface area contributed by atoms with Gasteiger partial charge in [-0.3, -0.25) is 9.59 Å². The van der Waals surface area contributed by atoms with E-state index in [0.29, 0.717) is 34.4 Å². The normalized spacial score (nSPS) is 11.2. The Bertz CT molecular complexity index is 1440. The molecule has 38 heavy (non-hydrogen) atoms. The maximum Gasteiger partial charge on any atom is 0.308 e. The van der Waals surface area contributed by atoms with Crippen LogP contribution in [0.15, 0.2) is 60.7 Å². The number of ether oxygens (including phenoxy) is 4. The summed E-state index contributed by atoms with van der Waals surface area (Å²) in [4.78, 5) is 32.3. The van der Waals surface area contributed by atoms with Gasteiger partial charge in [0.05, 0.1) is 36.6 Å². The first kappa shape index (κ1) is 26.1. The van der Waals surface area contributed by atoms with Crippen molar-refractivity contribution in [2.24, 2.45) is 0 Å². The Hall–Kier alpha value is -4.98. The Morgan fingerprint density at radius 1 is 0.605 bits per heavy atom. The van der Waals surface area contributed by atoms with E-state index in [9.17, 15) is 9.59 Å². The molecular weight excluding hydrogens is 484 g/mol. The number of fused-ring (bicyclic) bond motifs is 1. The van der Waals surface area contributed by atoms with E-state index in [0.717, 1.165) is 22.2 Å². The summed E-state index contributed by atoms with van der Waals surface area (Å²) in [6.45, 7) is 2.68. The van der Waals surface area contributed by atoms with Gasteiger partial charge in [0.25, 0.3) is 0 Å². The Balaban J connectivity index is 1.69. The number of methoxy groups -OCH3 is 2. The van der Waals surface area contributed by atoms with Crippen LogP contribution < -0.4 is 18.9 Å². The third kappa shape index (κ3) is 6.41. The SMILES string of the molecule is COc1cc(C=Cc2nc3ccccc3nc2C=Cc2ccc(OC(C)=O)c(OC)c2)ccc1OC(C)=O. The molecule has 0 atom stereocenters. The van der Waals surface area contributed by atoms with Gasteiger partial charge in [0.1, 0.15) is 0 Å². The summed E-state index contributed by atoms with van der Waals surface area (Å²) in [5.74, 6) is 0.737. The molecule has 0 saturated heterocycles. The van der Waals surface area contributed by atoms with Crippen molar-refractivity contribution in [1.29, 1.82) is 0 Å². The molecule has 192 valence electrons. The first-order valence-electron chi connectivity index (χ1n) is 11.7. The number of carbonyl (C=O) groups is 2. The summed E-state index contributed by atoms with van der Waals surface area (Å²) in [7, 11) is 3.03. The lowest BCUT2D eigenvalue weighted by Gasteiger charge is -2.09. The van der Waals surface area contributed by atoms with Gasteiger partial charge in [-0.25, -0.2) is 9.97 Å². The van der Waals surface area contributed by atoms with Gasteiger partial charge >= 0.3 is 11.9 Å². The number of aromatic nitrogens is 2. The number of benzene rings is 3. The lowest BCUT2D eigenvalue weighted by molar-refractivity contribution is -0.132. The molecule has 0 aliphatic heterocycles. The minimum atomic E-state index is -0.423. The monoisotopic (exact) mass is 510 g/mol. The van der Waals surface area contributed by atoms with E-state index >= 15 is 0 Å². The van der Waals surface area contributed by atoms with Crippen molar-refractivity contribution in [3.63, 3.8) is 0 Å². The van der Waals surface area contributed by atoms with Crippen LogP contribution in [-0.2, 0) is 9.59 Å². The lowest BCUT2D eigenvalue weighted by atomic mass is 10.1. The Labute approximate surface area is 220 Å². The highest BCUT2D eigenvalue weighted by molar-refractivity contribution is 5.83. The predicted octanol–water partition coefficient (Wildman–Crippen LogP) is 5.84. The van der Waals surface area contributed by atoms with Crippen LogP contribution in [0, 0.1) is 0 Å². The fourth-order valence-corrected chi connectivity index (χ4v) is 3.68. The molecule has 4 aromatic rings. The summed E-state index contributed by atoms with van der Waals surface area (Å²) in [5, 5.41) is 0. The fourth-order valence-electron chi connectivity index (χ4n) is 3.68. The smallest absolute Gasteiger partial charge is 0.308 e. The average Bonchev–Trinajstić information content (AvgIpc) is 2.91. The number of nitrogens with zero attached hydrogens (tertiary/aromatic N) is 2. The topological polar surface area (TPSA) is 96.8 Å². The number of esters is 2. The molecule has 4 rings (SSSR count). The zero-order valence-corrected chi connectivity index (χ0v) is 21.4. The van der Waals surface area contributed by atoms with Crippen molar-refractivity contribution in [3.05, 3.63) is 83.2 Å². The molecule has 3 aromatic carbocycles. The minimum Gasteiger partial charge on any atom is -0.493 e. The molecule has 1 heterocycles. The third-order valence-electron chi connectivity index (χ3n) is 5.38. The van der Waals surface area contributed by atoms with Crippen LogP contribution in [-0.4, -0.2) is 36.1 Å². The van der Waals surface area contributed by atoms with Crippen LogP contribution in [0.5, 0.6) is 23.0 Å². The molecule has 0 fully saturated rings. The number of para-hydroxylation sites is 2. The van der Waals surface area contributed by atoms with E-state index in [-0.39, 0.29) is 0 Å². The summed E-state index contributed by atoms with van der Waals surface area (Å²) in [6, 6.07) is 18.2. The van der Waals surface area contributed by atoms with E-state index in [4.69, 9.17) is 28.9 Å². The molecule has 0 saturated carbocycles. The molecule has 0 bridgehead atoms. The second kappa shape index (κ2) is 11.8. The second-order valence-electron chi connectivity index (χ2n) is 8.16. The van der Waals surface area contributed by atoms with Gasteiger partial charge in [0.2, 0.25) is 0 Å². The summed E-state index contributed by atoms with van der Waals surface area (Å²) >= 11 is 0. The quantitative estimate of drug-likeness (QED) is 0.216. The molecule has 1 aromatic heterocycles. The molecular formula is C30H26N2O6. The zero-order valence-electron chi connectivity index (χ0n) is 21.4. The van der Waals surface area contributed by atoms with Gasteiger partial charge in [-0.05, 0) is 59.7 Å². The van der Waals surface area contributed by atoms with Crippen LogP contribution >= 0.6 is 0 Å². The van der Waals surface area contributed by atoms with Gasteiger partial charge in [-0.1, -0.05) is 36.4 Å². The molecule has 0 spiro atoms. The maximum atomic E-state index is 11.3. The molecule has 8 nitrogen and oxygen atoms in total. The van der Waals surface area contributed by atoms with Gasteiger partial charge in [-0.2, -0.15) is 0 Å². The average molecular weight is 511 g/mol. The van der Waals surface area contributed by atoms with Crippen LogP contribution in [0.1, 0.15) is 36.4 Å². The minimum absolute atomic E-state index is 0.349. The first-order chi connectivity index (χ1) is 18.4. The summed E-state index contributed by atoms with van der Waals surface area (Å²) in [5.41, 5.74) is 4.50. The summed E-state index contributed by atoms with van der Waals surface area (Å²) < 4.78 is 21.1. The van der Waals surface area contributed by atoms with Crippen molar-refractivity contribution < 1.29 is 28.5 Å². The highest BCUT2D eigenvalue weighted by Crippen LogP contribution is 2.30. The number of hydrogen-bond acceptors (Lipinski definition) is 8. The summed E-state index contributed by atoms with van der Waals surface area (Å²) in [6.07, 6.45) is 7.49. The van der Waals surface area contributed by atoms with Crippen molar-refractivity contribution in [2.75, 3.05) is 14.2 Å². The van der Waals surface area contributed by atoms with E-state index in [2.05, 4.69) is 0 Å². The van der Waals surface area contributed by atoms with Crippen molar-refractivity contribution >= 4 is 47.3 Å². The largest absolute Gasteiger partial charge is 0.493 e. The van der Waals surface area contributed by atoms with Gasteiger partial charge in [-0.15, -0.1) is 0 Å². The lowest BCUT2D eigenvalue weighted by Crippen LogP contribution is -2.03. The number of carbonyl (C=O) groups excluding carboxylic acids is 2. The first-order valence-corrected chi connectivity index (χ1v) is 11.7. The molecule has 0 aliphatic carbocycles. The van der Waals surface area contributed by atoms with Crippen LogP contribution in [0.3, 0.4) is 0 Å². The van der Waals surface area contributed by atoms with E-state index < -0.39 is 11.9 Å². The maximum absolute atomic E-state index is 11.3. The zero-order chi connectivity index (χ0) is 27.1. The van der Waals surface area contributed by atoms with Gasteiger partial charge in [0, 0.05) is 13.8 Å². The Morgan fingerprint density at radius 2 is 1.03 bits per heavy atom. The van der Waals surface area contributed by atoms with Crippen molar-refractivity contribution in [2.45, 2.75) is 13.8 Å².